The minimum atomic E-state index is 0.262. The van der Waals surface area contributed by atoms with Crippen LogP contribution in [-0.4, -0.2) is 9.81 Å². The maximum atomic E-state index is 4.59. The summed E-state index contributed by atoms with van der Waals surface area (Å²) in [6.07, 6.45) is 1.04. The standard InChI is InChI=1S/C16H20BrN/c1-11-9-12(10-15(17)16(2,3)4)13-7-5-6-8-14(13)18-11/h5-9,15H,10H2,1-4H3. The number of hydrogen-bond acceptors (Lipinski definition) is 1. The molecular weight excluding hydrogens is 286 g/mol. The third kappa shape index (κ3) is 2.92. The average Bonchev–Trinajstić information content (AvgIpc) is 2.27. The molecule has 2 rings (SSSR count). The number of rotatable bonds is 2. The van der Waals surface area contributed by atoms with E-state index in [1.165, 1.54) is 10.9 Å². The number of aryl methyl sites for hydroxylation is 1. The summed E-state index contributed by atoms with van der Waals surface area (Å²) >= 11 is 3.82. The van der Waals surface area contributed by atoms with Gasteiger partial charge in [0.25, 0.3) is 0 Å². The quantitative estimate of drug-likeness (QED) is 0.719. The normalized spacial score (nSPS) is 13.8. The summed E-state index contributed by atoms with van der Waals surface area (Å²) in [5.74, 6) is 0. The molecule has 0 radical (unpaired) electrons. The van der Waals surface area contributed by atoms with Crippen LogP contribution in [0.1, 0.15) is 32.0 Å². The van der Waals surface area contributed by atoms with E-state index in [9.17, 15) is 0 Å². The first kappa shape index (κ1) is 13.5. The van der Waals surface area contributed by atoms with Crippen molar-refractivity contribution in [3.05, 3.63) is 41.6 Å². The topological polar surface area (TPSA) is 12.9 Å². The Morgan fingerprint density at radius 2 is 1.89 bits per heavy atom. The Balaban J connectivity index is 2.44. The molecule has 0 saturated carbocycles. The lowest BCUT2D eigenvalue weighted by molar-refractivity contribution is 0.398. The van der Waals surface area contributed by atoms with Crippen LogP contribution in [0.2, 0.25) is 0 Å². The fourth-order valence-corrected chi connectivity index (χ4v) is 2.41. The zero-order chi connectivity index (χ0) is 13.3. The first-order chi connectivity index (χ1) is 8.38. The second-order valence-corrected chi connectivity index (χ2v) is 7.08. The molecule has 0 aliphatic carbocycles. The van der Waals surface area contributed by atoms with E-state index in [0.717, 1.165) is 17.6 Å². The van der Waals surface area contributed by atoms with Crippen molar-refractivity contribution < 1.29 is 0 Å². The van der Waals surface area contributed by atoms with Gasteiger partial charge in [-0.25, -0.2) is 0 Å². The van der Waals surface area contributed by atoms with Crippen molar-refractivity contribution in [2.45, 2.75) is 38.9 Å². The first-order valence-corrected chi connectivity index (χ1v) is 7.29. The van der Waals surface area contributed by atoms with E-state index in [1.807, 2.05) is 6.07 Å². The van der Waals surface area contributed by atoms with Gasteiger partial charge in [0, 0.05) is 15.9 Å². The van der Waals surface area contributed by atoms with Gasteiger partial charge in [0.05, 0.1) is 5.52 Å². The van der Waals surface area contributed by atoms with Crippen LogP contribution in [0.4, 0.5) is 0 Å². The van der Waals surface area contributed by atoms with Crippen LogP contribution in [0.5, 0.6) is 0 Å². The van der Waals surface area contributed by atoms with E-state index in [2.05, 4.69) is 72.9 Å². The highest BCUT2D eigenvalue weighted by Crippen LogP contribution is 2.31. The highest BCUT2D eigenvalue weighted by Gasteiger charge is 2.22. The number of halogens is 1. The van der Waals surface area contributed by atoms with Gasteiger partial charge in [-0.3, -0.25) is 4.98 Å². The van der Waals surface area contributed by atoms with Gasteiger partial charge < -0.3 is 0 Å². The van der Waals surface area contributed by atoms with Crippen LogP contribution < -0.4 is 0 Å². The van der Waals surface area contributed by atoms with Gasteiger partial charge in [-0.2, -0.15) is 0 Å². The molecule has 0 saturated heterocycles. The van der Waals surface area contributed by atoms with Crippen LogP contribution in [-0.2, 0) is 6.42 Å². The molecule has 1 aromatic heterocycles. The van der Waals surface area contributed by atoms with Crippen molar-refractivity contribution >= 4 is 26.8 Å². The molecule has 1 heterocycles. The molecule has 96 valence electrons. The molecule has 0 aliphatic rings. The fraction of sp³-hybridized carbons (Fsp3) is 0.438. The Kier molecular flexibility index (Phi) is 3.76. The predicted octanol–water partition coefficient (Wildman–Crippen LogP) is 4.90. The zero-order valence-electron chi connectivity index (χ0n) is 11.5. The second-order valence-electron chi connectivity index (χ2n) is 5.98. The van der Waals surface area contributed by atoms with Gasteiger partial charge in [0.15, 0.2) is 0 Å². The third-order valence-corrected chi connectivity index (χ3v) is 4.97. The molecule has 0 fully saturated rings. The monoisotopic (exact) mass is 305 g/mol. The Morgan fingerprint density at radius 1 is 1.22 bits per heavy atom. The van der Waals surface area contributed by atoms with Gasteiger partial charge in [-0.05, 0) is 36.5 Å². The molecule has 1 nitrogen and oxygen atoms in total. The van der Waals surface area contributed by atoms with E-state index in [4.69, 9.17) is 0 Å². The number of nitrogens with zero attached hydrogens (tertiary/aromatic N) is 1. The van der Waals surface area contributed by atoms with Crippen molar-refractivity contribution in [3.63, 3.8) is 0 Å². The summed E-state index contributed by atoms with van der Waals surface area (Å²) in [7, 11) is 0. The molecule has 0 bridgehead atoms. The molecule has 1 unspecified atom stereocenters. The number of aromatic nitrogens is 1. The molecule has 18 heavy (non-hydrogen) atoms. The lowest BCUT2D eigenvalue weighted by Gasteiger charge is -2.26. The van der Waals surface area contributed by atoms with Crippen LogP contribution in [0.25, 0.3) is 10.9 Å². The second kappa shape index (κ2) is 5.00. The van der Waals surface area contributed by atoms with Crippen molar-refractivity contribution in [2.24, 2.45) is 5.41 Å². The maximum absolute atomic E-state index is 4.59. The van der Waals surface area contributed by atoms with Crippen LogP contribution in [0, 0.1) is 12.3 Å². The summed E-state index contributed by atoms with van der Waals surface area (Å²) in [4.78, 5) is 5.06. The zero-order valence-corrected chi connectivity index (χ0v) is 13.1. The Labute approximate surface area is 118 Å². The van der Waals surface area contributed by atoms with Gasteiger partial charge >= 0.3 is 0 Å². The van der Waals surface area contributed by atoms with E-state index >= 15 is 0 Å². The molecule has 0 aliphatic heterocycles. The van der Waals surface area contributed by atoms with Crippen molar-refractivity contribution in [3.8, 4) is 0 Å². The van der Waals surface area contributed by atoms with Gasteiger partial charge in [-0.15, -0.1) is 0 Å². The Hall–Kier alpha value is -0.890. The SMILES string of the molecule is Cc1cc(CC(Br)C(C)(C)C)c2ccccc2n1. The number of pyridine rings is 1. The summed E-state index contributed by atoms with van der Waals surface area (Å²) in [5, 5.41) is 1.27. The van der Waals surface area contributed by atoms with Gasteiger partial charge in [-0.1, -0.05) is 54.9 Å². The summed E-state index contributed by atoms with van der Waals surface area (Å²) in [6, 6.07) is 10.6. The van der Waals surface area contributed by atoms with Crippen molar-refractivity contribution in [2.75, 3.05) is 0 Å². The van der Waals surface area contributed by atoms with E-state index < -0.39 is 0 Å². The first-order valence-electron chi connectivity index (χ1n) is 6.37. The number of benzene rings is 1. The highest BCUT2D eigenvalue weighted by molar-refractivity contribution is 9.09. The highest BCUT2D eigenvalue weighted by atomic mass is 79.9. The van der Waals surface area contributed by atoms with Crippen LogP contribution in [0.3, 0.4) is 0 Å². The van der Waals surface area contributed by atoms with Crippen molar-refractivity contribution in [1.29, 1.82) is 0 Å². The predicted molar refractivity (Wildman–Crippen MR) is 82.4 cm³/mol. The van der Waals surface area contributed by atoms with Crippen LogP contribution in [0.15, 0.2) is 30.3 Å². The number of para-hydroxylation sites is 1. The third-order valence-electron chi connectivity index (χ3n) is 3.27. The molecule has 2 aromatic rings. The molecule has 1 aromatic carbocycles. The largest absolute Gasteiger partial charge is 0.253 e. The van der Waals surface area contributed by atoms with Crippen molar-refractivity contribution in [1.82, 2.24) is 4.98 Å². The summed E-state index contributed by atoms with van der Waals surface area (Å²) in [6.45, 7) is 8.87. The molecule has 0 amide bonds. The number of alkyl halides is 1. The summed E-state index contributed by atoms with van der Waals surface area (Å²) < 4.78 is 0. The molecule has 0 spiro atoms. The lowest BCUT2D eigenvalue weighted by atomic mass is 9.87. The minimum Gasteiger partial charge on any atom is -0.253 e. The van der Waals surface area contributed by atoms with Gasteiger partial charge in [0.1, 0.15) is 0 Å². The Bertz CT molecular complexity index is 555. The molecular formula is C16H20BrN. The summed E-state index contributed by atoms with van der Waals surface area (Å²) in [5.41, 5.74) is 3.84. The minimum absolute atomic E-state index is 0.262. The smallest absolute Gasteiger partial charge is 0.0707 e. The maximum Gasteiger partial charge on any atom is 0.0707 e. The van der Waals surface area contributed by atoms with E-state index in [0.29, 0.717) is 4.83 Å². The molecule has 1 atom stereocenters. The Morgan fingerprint density at radius 3 is 2.56 bits per heavy atom. The number of fused-ring (bicyclic) bond motifs is 1. The molecule has 2 heteroatoms. The van der Waals surface area contributed by atoms with E-state index in [-0.39, 0.29) is 5.41 Å². The van der Waals surface area contributed by atoms with Gasteiger partial charge in [0.2, 0.25) is 0 Å². The molecule has 0 N–H and O–H groups in total. The average molecular weight is 306 g/mol. The van der Waals surface area contributed by atoms with E-state index in [1.54, 1.807) is 0 Å². The fourth-order valence-electron chi connectivity index (χ4n) is 2.06. The number of hydrogen-bond donors (Lipinski definition) is 0. The van der Waals surface area contributed by atoms with Crippen LogP contribution >= 0.6 is 15.9 Å². The lowest BCUT2D eigenvalue weighted by Crippen LogP contribution is -2.22.